The fraction of sp³-hybridized carbons (Fsp3) is 0.650. The van der Waals surface area contributed by atoms with Crippen LogP contribution >= 0.6 is 0 Å². The SMILES string of the molecule is Cc1ccc(C)c(CS(=O)(=O)[C@H](C)C(=O)N[C@@H]2CCC[C@H](C)[C@@H]2C)c1. The largest absolute Gasteiger partial charge is 0.352 e. The maximum Gasteiger partial charge on any atom is 0.238 e. The van der Waals surface area contributed by atoms with Crippen LogP contribution in [0.15, 0.2) is 18.2 Å². The van der Waals surface area contributed by atoms with Gasteiger partial charge in [0.2, 0.25) is 5.91 Å². The predicted octanol–water partition coefficient (Wildman–Crippen LogP) is 3.55. The van der Waals surface area contributed by atoms with Gasteiger partial charge in [0, 0.05) is 6.04 Å². The van der Waals surface area contributed by atoms with Crippen LogP contribution in [0, 0.1) is 25.7 Å². The van der Waals surface area contributed by atoms with Gasteiger partial charge in [0.05, 0.1) is 5.75 Å². The maximum atomic E-state index is 12.7. The number of carbonyl (C=O) groups excluding carboxylic acids is 1. The molecule has 5 heteroatoms. The second kappa shape index (κ2) is 7.90. The van der Waals surface area contributed by atoms with Crippen LogP contribution < -0.4 is 5.32 Å². The third-order valence-corrected chi connectivity index (χ3v) is 7.81. The Kier molecular flexibility index (Phi) is 6.30. The lowest BCUT2D eigenvalue weighted by molar-refractivity contribution is -0.121. The van der Waals surface area contributed by atoms with Crippen molar-refractivity contribution in [2.45, 2.75) is 70.9 Å². The Balaban J connectivity index is 2.08. The van der Waals surface area contributed by atoms with Crippen LogP contribution in [0.5, 0.6) is 0 Å². The van der Waals surface area contributed by atoms with Crippen molar-refractivity contribution in [1.82, 2.24) is 5.32 Å². The third kappa shape index (κ3) is 4.84. The molecule has 0 aromatic heterocycles. The number of hydrogen-bond acceptors (Lipinski definition) is 3. The standard InChI is InChI=1S/C20H31NO3S/c1-13-9-10-15(3)18(11-13)12-25(23,24)17(5)20(22)21-19-8-6-7-14(2)16(19)4/h9-11,14,16-17,19H,6-8,12H2,1-5H3,(H,21,22)/t14-,16-,17+,19+/m0/s1. The van der Waals surface area contributed by atoms with Crippen LogP contribution in [-0.4, -0.2) is 25.6 Å². The number of rotatable bonds is 5. The van der Waals surface area contributed by atoms with E-state index in [1.54, 1.807) is 0 Å². The summed E-state index contributed by atoms with van der Waals surface area (Å²) in [6, 6.07) is 5.86. The van der Waals surface area contributed by atoms with Crippen molar-refractivity contribution in [2.24, 2.45) is 11.8 Å². The van der Waals surface area contributed by atoms with Gasteiger partial charge in [-0.2, -0.15) is 0 Å². The normalized spacial score (nSPS) is 25.4. The molecule has 140 valence electrons. The van der Waals surface area contributed by atoms with Crippen molar-refractivity contribution >= 4 is 15.7 Å². The van der Waals surface area contributed by atoms with Gasteiger partial charge < -0.3 is 5.32 Å². The topological polar surface area (TPSA) is 63.2 Å². The smallest absolute Gasteiger partial charge is 0.238 e. The average Bonchev–Trinajstić information content (AvgIpc) is 2.54. The van der Waals surface area contributed by atoms with E-state index in [-0.39, 0.29) is 17.7 Å². The number of hydrogen-bond donors (Lipinski definition) is 1. The summed E-state index contributed by atoms with van der Waals surface area (Å²) in [6.07, 6.45) is 3.19. The predicted molar refractivity (Wildman–Crippen MR) is 102 cm³/mol. The average molecular weight is 366 g/mol. The Morgan fingerprint density at radius 2 is 1.92 bits per heavy atom. The van der Waals surface area contributed by atoms with Crippen molar-refractivity contribution in [3.05, 3.63) is 34.9 Å². The maximum absolute atomic E-state index is 12.7. The van der Waals surface area contributed by atoms with E-state index in [1.165, 1.54) is 13.3 Å². The molecule has 4 atom stereocenters. The first kappa shape index (κ1) is 20.0. The van der Waals surface area contributed by atoms with E-state index in [0.717, 1.165) is 29.5 Å². The number of nitrogens with one attached hydrogen (secondary N) is 1. The lowest BCUT2D eigenvalue weighted by Crippen LogP contribution is -2.48. The Hall–Kier alpha value is -1.36. The number of benzene rings is 1. The molecule has 1 fully saturated rings. The molecule has 1 aromatic carbocycles. The van der Waals surface area contributed by atoms with Gasteiger partial charge in [-0.1, -0.05) is 50.5 Å². The van der Waals surface area contributed by atoms with E-state index in [0.29, 0.717) is 11.8 Å². The lowest BCUT2D eigenvalue weighted by Gasteiger charge is -2.35. The van der Waals surface area contributed by atoms with Gasteiger partial charge in [0.25, 0.3) is 0 Å². The molecule has 0 saturated heterocycles. The molecule has 1 aliphatic rings. The summed E-state index contributed by atoms with van der Waals surface area (Å²) < 4.78 is 25.5. The second-order valence-electron chi connectivity index (χ2n) is 7.76. The fourth-order valence-corrected chi connectivity index (χ4v) is 4.94. The molecule has 0 spiro atoms. The first-order valence-corrected chi connectivity index (χ1v) is 10.9. The minimum atomic E-state index is -3.55. The summed E-state index contributed by atoms with van der Waals surface area (Å²) in [6.45, 7) is 9.69. The summed E-state index contributed by atoms with van der Waals surface area (Å²) >= 11 is 0. The highest BCUT2D eigenvalue weighted by Gasteiger charge is 2.33. The van der Waals surface area contributed by atoms with Crippen LogP contribution in [0.2, 0.25) is 0 Å². The van der Waals surface area contributed by atoms with E-state index in [2.05, 4.69) is 19.2 Å². The van der Waals surface area contributed by atoms with Crippen molar-refractivity contribution < 1.29 is 13.2 Å². The first-order valence-electron chi connectivity index (χ1n) is 9.20. The zero-order valence-electron chi connectivity index (χ0n) is 16.0. The Morgan fingerprint density at radius 3 is 2.60 bits per heavy atom. The van der Waals surface area contributed by atoms with E-state index >= 15 is 0 Å². The summed E-state index contributed by atoms with van der Waals surface area (Å²) in [4.78, 5) is 12.6. The summed E-state index contributed by atoms with van der Waals surface area (Å²) in [7, 11) is -3.55. The van der Waals surface area contributed by atoms with Gasteiger partial charge in [0.1, 0.15) is 5.25 Å². The summed E-state index contributed by atoms with van der Waals surface area (Å²) in [5, 5.41) is 1.97. The van der Waals surface area contributed by atoms with E-state index < -0.39 is 15.1 Å². The van der Waals surface area contributed by atoms with Crippen molar-refractivity contribution in [3.8, 4) is 0 Å². The second-order valence-corrected chi connectivity index (χ2v) is 10.1. The quantitative estimate of drug-likeness (QED) is 0.868. The first-order chi connectivity index (χ1) is 11.6. The van der Waals surface area contributed by atoms with Crippen molar-refractivity contribution in [3.63, 3.8) is 0 Å². The van der Waals surface area contributed by atoms with E-state index in [4.69, 9.17) is 0 Å². The Bertz CT molecular complexity index is 726. The highest BCUT2D eigenvalue weighted by atomic mass is 32.2. The molecular weight excluding hydrogens is 334 g/mol. The van der Waals surface area contributed by atoms with Crippen LogP contribution in [0.1, 0.15) is 56.7 Å². The Morgan fingerprint density at radius 1 is 1.24 bits per heavy atom. The van der Waals surface area contributed by atoms with E-state index in [1.807, 2.05) is 32.0 Å². The molecular formula is C20H31NO3S. The zero-order valence-corrected chi connectivity index (χ0v) is 16.8. The Labute approximate surface area is 152 Å². The third-order valence-electron chi connectivity index (χ3n) is 5.80. The zero-order chi connectivity index (χ0) is 18.8. The van der Waals surface area contributed by atoms with E-state index in [9.17, 15) is 13.2 Å². The number of sulfone groups is 1. The summed E-state index contributed by atoms with van der Waals surface area (Å²) in [5.41, 5.74) is 2.74. The molecule has 0 bridgehead atoms. The molecule has 1 N–H and O–H groups in total. The molecule has 0 unspecified atom stereocenters. The molecule has 0 aliphatic heterocycles. The molecule has 1 aromatic rings. The molecule has 0 heterocycles. The van der Waals surface area contributed by atoms with Crippen LogP contribution in [0.25, 0.3) is 0 Å². The number of amides is 1. The minimum Gasteiger partial charge on any atom is -0.352 e. The molecule has 25 heavy (non-hydrogen) atoms. The van der Waals surface area contributed by atoms with Gasteiger partial charge >= 0.3 is 0 Å². The van der Waals surface area contributed by atoms with Crippen LogP contribution in [-0.2, 0) is 20.4 Å². The van der Waals surface area contributed by atoms with Gasteiger partial charge in [-0.15, -0.1) is 0 Å². The highest BCUT2D eigenvalue weighted by molar-refractivity contribution is 7.92. The molecule has 2 rings (SSSR count). The monoisotopic (exact) mass is 365 g/mol. The number of aryl methyl sites for hydroxylation is 2. The molecule has 1 saturated carbocycles. The summed E-state index contributed by atoms with van der Waals surface area (Å²) in [5.74, 6) is 0.481. The lowest BCUT2D eigenvalue weighted by atomic mass is 9.78. The molecule has 0 radical (unpaired) electrons. The highest BCUT2D eigenvalue weighted by Crippen LogP contribution is 2.29. The minimum absolute atomic E-state index is 0.0783. The van der Waals surface area contributed by atoms with Gasteiger partial charge in [-0.25, -0.2) is 8.42 Å². The molecule has 4 nitrogen and oxygen atoms in total. The molecule has 1 amide bonds. The van der Waals surface area contributed by atoms with Crippen molar-refractivity contribution in [2.75, 3.05) is 0 Å². The van der Waals surface area contributed by atoms with Gasteiger partial charge in [-0.05, 0) is 50.2 Å². The van der Waals surface area contributed by atoms with Crippen LogP contribution in [0.3, 0.4) is 0 Å². The van der Waals surface area contributed by atoms with Crippen molar-refractivity contribution in [1.29, 1.82) is 0 Å². The van der Waals surface area contributed by atoms with Gasteiger partial charge in [-0.3, -0.25) is 4.79 Å². The fourth-order valence-electron chi connectivity index (χ4n) is 3.55. The van der Waals surface area contributed by atoms with Crippen LogP contribution in [0.4, 0.5) is 0 Å². The number of carbonyl (C=O) groups is 1. The molecule has 1 aliphatic carbocycles. The van der Waals surface area contributed by atoms with Gasteiger partial charge in [0.15, 0.2) is 9.84 Å².